The lowest BCUT2D eigenvalue weighted by atomic mass is 9.65. The first-order valence-electron chi connectivity index (χ1n) is 7.75. The third kappa shape index (κ3) is 3.04. The van der Waals surface area contributed by atoms with Gasteiger partial charge in [-0.05, 0) is 37.7 Å². The highest BCUT2D eigenvalue weighted by Crippen LogP contribution is 2.48. The Morgan fingerprint density at radius 1 is 1.35 bits per heavy atom. The summed E-state index contributed by atoms with van der Waals surface area (Å²) in [6, 6.07) is 6.51. The van der Waals surface area contributed by atoms with Crippen molar-refractivity contribution >= 4 is 0 Å². The Labute approximate surface area is 121 Å². The zero-order valence-electron chi connectivity index (χ0n) is 12.3. The lowest BCUT2D eigenvalue weighted by Gasteiger charge is -2.43. The Hall–Kier alpha value is -0.930. The fourth-order valence-corrected chi connectivity index (χ4v) is 3.57. The maximum atomic E-state index is 13.9. The second-order valence-electron chi connectivity index (χ2n) is 6.22. The Morgan fingerprint density at radius 3 is 2.55 bits per heavy atom. The second-order valence-corrected chi connectivity index (χ2v) is 6.22. The predicted octanol–water partition coefficient (Wildman–Crippen LogP) is 3.79. The lowest BCUT2D eigenvalue weighted by Crippen LogP contribution is -2.40. The molecule has 3 N–H and O–H groups in total. The van der Waals surface area contributed by atoms with Crippen molar-refractivity contribution in [1.82, 2.24) is 0 Å². The molecule has 0 radical (unpaired) electrons. The molecule has 2 nitrogen and oxygen atoms in total. The van der Waals surface area contributed by atoms with Crippen LogP contribution >= 0.6 is 0 Å². The number of benzene rings is 1. The van der Waals surface area contributed by atoms with Crippen molar-refractivity contribution in [3.8, 4) is 0 Å². The molecule has 1 atom stereocenters. The summed E-state index contributed by atoms with van der Waals surface area (Å²) in [6.07, 6.45) is 5.63. The summed E-state index contributed by atoms with van der Waals surface area (Å²) in [5, 5.41) is 10.7. The van der Waals surface area contributed by atoms with E-state index in [1.54, 1.807) is 18.2 Å². The molecular weight excluding hydrogens is 253 g/mol. The van der Waals surface area contributed by atoms with Crippen LogP contribution in [0.25, 0.3) is 0 Å². The van der Waals surface area contributed by atoms with Crippen molar-refractivity contribution in [3.05, 3.63) is 35.6 Å². The number of hydrogen-bond acceptors (Lipinski definition) is 2. The fourth-order valence-electron chi connectivity index (χ4n) is 3.57. The number of nitrogens with two attached hydrogens (primary N) is 1. The molecule has 0 aliphatic heterocycles. The standard InChI is InChI=1S/C17H26FNO/c1-2-5-13-8-10-17(12-19,11-9-13)16(20)14-6-3-4-7-15(14)18/h3-4,6-7,13,16,20H,2,5,8-12,19H2,1H3. The van der Waals surface area contributed by atoms with Crippen LogP contribution < -0.4 is 5.73 Å². The SMILES string of the molecule is CCCC1CCC(CN)(C(O)c2ccccc2F)CC1. The van der Waals surface area contributed by atoms with Gasteiger partial charge >= 0.3 is 0 Å². The molecule has 2 rings (SSSR count). The van der Waals surface area contributed by atoms with Gasteiger partial charge in [-0.3, -0.25) is 0 Å². The normalized spacial score (nSPS) is 28.3. The van der Waals surface area contributed by atoms with Gasteiger partial charge in [-0.25, -0.2) is 4.39 Å². The monoisotopic (exact) mass is 279 g/mol. The Kier molecular flexibility index (Phi) is 5.17. The van der Waals surface area contributed by atoms with Gasteiger partial charge < -0.3 is 10.8 Å². The zero-order valence-corrected chi connectivity index (χ0v) is 12.3. The Morgan fingerprint density at radius 2 is 2.00 bits per heavy atom. The maximum absolute atomic E-state index is 13.9. The lowest BCUT2D eigenvalue weighted by molar-refractivity contribution is -0.0128. The Balaban J connectivity index is 2.14. The summed E-state index contributed by atoms with van der Waals surface area (Å²) >= 11 is 0. The van der Waals surface area contributed by atoms with Crippen molar-refractivity contribution < 1.29 is 9.50 Å². The van der Waals surface area contributed by atoms with Gasteiger partial charge in [0, 0.05) is 17.5 Å². The fraction of sp³-hybridized carbons (Fsp3) is 0.647. The van der Waals surface area contributed by atoms with E-state index in [0.717, 1.165) is 31.6 Å². The highest BCUT2D eigenvalue weighted by Gasteiger charge is 2.41. The van der Waals surface area contributed by atoms with Gasteiger partial charge in [0.25, 0.3) is 0 Å². The van der Waals surface area contributed by atoms with Crippen LogP contribution in [0.3, 0.4) is 0 Å². The molecule has 112 valence electrons. The van der Waals surface area contributed by atoms with E-state index in [9.17, 15) is 9.50 Å². The van der Waals surface area contributed by atoms with Crippen LogP contribution in [-0.2, 0) is 0 Å². The summed E-state index contributed by atoms with van der Waals surface area (Å²) < 4.78 is 13.9. The molecule has 0 heterocycles. The number of aliphatic hydroxyl groups excluding tert-OH is 1. The highest BCUT2D eigenvalue weighted by atomic mass is 19.1. The van der Waals surface area contributed by atoms with Crippen LogP contribution in [0.1, 0.15) is 57.1 Å². The molecular formula is C17H26FNO. The average molecular weight is 279 g/mol. The van der Waals surface area contributed by atoms with E-state index in [0.29, 0.717) is 12.1 Å². The maximum Gasteiger partial charge on any atom is 0.129 e. The van der Waals surface area contributed by atoms with Crippen molar-refractivity contribution in [2.45, 2.75) is 51.6 Å². The van der Waals surface area contributed by atoms with Crippen molar-refractivity contribution in [2.75, 3.05) is 6.54 Å². The summed E-state index contributed by atoms with van der Waals surface area (Å²) in [5.41, 5.74) is 6.00. The van der Waals surface area contributed by atoms with Crippen molar-refractivity contribution in [3.63, 3.8) is 0 Å². The zero-order chi connectivity index (χ0) is 14.6. The smallest absolute Gasteiger partial charge is 0.129 e. The molecule has 1 fully saturated rings. The number of aliphatic hydroxyl groups is 1. The van der Waals surface area contributed by atoms with Gasteiger partial charge in [0.2, 0.25) is 0 Å². The third-order valence-electron chi connectivity index (χ3n) is 4.98. The van der Waals surface area contributed by atoms with Crippen LogP contribution in [0.2, 0.25) is 0 Å². The van der Waals surface area contributed by atoms with Gasteiger partial charge in [-0.1, -0.05) is 38.0 Å². The molecule has 1 saturated carbocycles. The van der Waals surface area contributed by atoms with Gasteiger partial charge in [0.15, 0.2) is 0 Å². The summed E-state index contributed by atoms with van der Waals surface area (Å²) in [4.78, 5) is 0. The Bertz CT molecular complexity index is 427. The quantitative estimate of drug-likeness (QED) is 0.861. The number of rotatable bonds is 5. The summed E-state index contributed by atoms with van der Waals surface area (Å²) in [5.74, 6) is 0.413. The van der Waals surface area contributed by atoms with E-state index >= 15 is 0 Å². The highest BCUT2D eigenvalue weighted by molar-refractivity contribution is 5.22. The van der Waals surface area contributed by atoms with E-state index < -0.39 is 6.10 Å². The van der Waals surface area contributed by atoms with Gasteiger partial charge in [0.05, 0.1) is 6.10 Å². The first-order chi connectivity index (χ1) is 9.63. The van der Waals surface area contributed by atoms with E-state index in [4.69, 9.17) is 5.73 Å². The van der Waals surface area contributed by atoms with E-state index in [1.807, 2.05) is 0 Å². The molecule has 0 aromatic heterocycles. The molecule has 0 spiro atoms. The molecule has 1 aromatic rings. The van der Waals surface area contributed by atoms with Crippen LogP contribution in [0.4, 0.5) is 4.39 Å². The minimum Gasteiger partial charge on any atom is -0.388 e. The third-order valence-corrected chi connectivity index (χ3v) is 4.98. The molecule has 1 aromatic carbocycles. The van der Waals surface area contributed by atoms with E-state index in [-0.39, 0.29) is 11.2 Å². The summed E-state index contributed by atoms with van der Waals surface area (Å²) in [7, 11) is 0. The topological polar surface area (TPSA) is 46.2 Å². The number of halogens is 1. The number of hydrogen-bond donors (Lipinski definition) is 2. The van der Waals surface area contributed by atoms with E-state index in [1.165, 1.54) is 18.9 Å². The molecule has 1 aliphatic rings. The van der Waals surface area contributed by atoms with Crippen LogP contribution in [0, 0.1) is 17.2 Å². The largest absolute Gasteiger partial charge is 0.388 e. The molecule has 0 saturated heterocycles. The van der Waals surface area contributed by atoms with Gasteiger partial charge in [-0.15, -0.1) is 0 Å². The minimum absolute atomic E-state index is 0.330. The molecule has 0 bridgehead atoms. The summed E-state index contributed by atoms with van der Waals surface area (Å²) in [6.45, 7) is 2.63. The first-order valence-corrected chi connectivity index (χ1v) is 7.75. The molecule has 1 unspecified atom stereocenters. The van der Waals surface area contributed by atoms with Crippen molar-refractivity contribution in [1.29, 1.82) is 0 Å². The van der Waals surface area contributed by atoms with Crippen LogP contribution in [-0.4, -0.2) is 11.7 Å². The van der Waals surface area contributed by atoms with Crippen molar-refractivity contribution in [2.24, 2.45) is 17.1 Å². The van der Waals surface area contributed by atoms with Crippen LogP contribution in [0.5, 0.6) is 0 Å². The average Bonchev–Trinajstić information content (AvgIpc) is 2.48. The second kappa shape index (κ2) is 6.68. The van der Waals surface area contributed by atoms with Gasteiger partial charge in [0.1, 0.15) is 5.82 Å². The molecule has 0 amide bonds. The first kappa shape index (κ1) is 15.5. The molecule has 3 heteroatoms. The molecule has 1 aliphatic carbocycles. The van der Waals surface area contributed by atoms with Gasteiger partial charge in [-0.2, -0.15) is 0 Å². The minimum atomic E-state index is -0.795. The predicted molar refractivity (Wildman–Crippen MR) is 79.7 cm³/mol. The van der Waals surface area contributed by atoms with E-state index in [2.05, 4.69) is 6.92 Å². The van der Waals surface area contributed by atoms with Crippen LogP contribution in [0.15, 0.2) is 24.3 Å². The molecule has 20 heavy (non-hydrogen) atoms.